The van der Waals surface area contributed by atoms with E-state index in [0.717, 1.165) is 16.9 Å². The molecule has 1 N–H and O–H groups in total. The summed E-state index contributed by atoms with van der Waals surface area (Å²) >= 11 is 0. The average Bonchev–Trinajstić information content (AvgIpc) is 3.08. The number of carbonyl (C=O) groups excluding carboxylic acids is 2. The fourth-order valence-electron chi connectivity index (χ4n) is 2.50. The second-order valence-electron chi connectivity index (χ2n) is 6.04. The number of rotatable bonds is 5. The third-order valence-corrected chi connectivity index (χ3v) is 3.91. The minimum Gasteiger partial charge on any atom is -0.452 e. The third-order valence-electron chi connectivity index (χ3n) is 3.91. The SMILES string of the molecule is Cc1ccc(NC(=O)COC(=O)c2ccc(-n3nccc3C)cc2)c(F)c1. The minimum absolute atomic E-state index is 0.0422. The summed E-state index contributed by atoms with van der Waals surface area (Å²) in [6, 6.07) is 13.0. The lowest BCUT2D eigenvalue weighted by atomic mass is 10.2. The molecule has 0 saturated heterocycles. The van der Waals surface area contributed by atoms with Crippen molar-refractivity contribution < 1.29 is 18.7 Å². The Hall–Kier alpha value is -3.48. The van der Waals surface area contributed by atoms with Crippen LogP contribution in [-0.2, 0) is 9.53 Å². The number of aromatic nitrogens is 2. The van der Waals surface area contributed by atoms with Crippen molar-refractivity contribution in [2.45, 2.75) is 13.8 Å². The number of benzene rings is 2. The van der Waals surface area contributed by atoms with Gasteiger partial charge in [-0.25, -0.2) is 13.9 Å². The third kappa shape index (κ3) is 4.38. The first kappa shape index (κ1) is 18.3. The Morgan fingerprint density at radius 1 is 1.11 bits per heavy atom. The fourth-order valence-corrected chi connectivity index (χ4v) is 2.50. The van der Waals surface area contributed by atoms with E-state index >= 15 is 0 Å². The van der Waals surface area contributed by atoms with Crippen molar-refractivity contribution in [1.82, 2.24) is 9.78 Å². The van der Waals surface area contributed by atoms with Gasteiger partial charge in [-0.15, -0.1) is 0 Å². The molecule has 27 heavy (non-hydrogen) atoms. The summed E-state index contributed by atoms with van der Waals surface area (Å²) in [6.45, 7) is 3.16. The molecular formula is C20H18FN3O3. The Morgan fingerprint density at radius 3 is 2.48 bits per heavy atom. The summed E-state index contributed by atoms with van der Waals surface area (Å²) in [5, 5.41) is 6.56. The van der Waals surface area contributed by atoms with Crippen molar-refractivity contribution in [2.24, 2.45) is 0 Å². The molecule has 0 unspecified atom stereocenters. The van der Waals surface area contributed by atoms with Crippen molar-refractivity contribution in [3.05, 3.63) is 77.4 Å². The van der Waals surface area contributed by atoms with Gasteiger partial charge in [-0.2, -0.15) is 5.10 Å². The predicted octanol–water partition coefficient (Wildman–Crippen LogP) is 3.42. The Labute approximate surface area is 155 Å². The van der Waals surface area contributed by atoms with E-state index in [-0.39, 0.29) is 5.69 Å². The van der Waals surface area contributed by atoms with Crippen LogP contribution in [0.3, 0.4) is 0 Å². The van der Waals surface area contributed by atoms with Gasteiger partial charge < -0.3 is 10.1 Å². The lowest BCUT2D eigenvalue weighted by molar-refractivity contribution is -0.119. The molecule has 6 nitrogen and oxygen atoms in total. The van der Waals surface area contributed by atoms with Crippen LogP contribution in [0.4, 0.5) is 10.1 Å². The second-order valence-corrected chi connectivity index (χ2v) is 6.04. The van der Waals surface area contributed by atoms with Gasteiger partial charge in [0.1, 0.15) is 5.82 Å². The van der Waals surface area contributed by atoms with E-state index in [4.69, 9.17) is 4.74 Å². The number of ether oxygens (including phenoxy) is 1. The molecule has 3 aromatic rings. The highest BCUT2D eigenvalue weighted by Gasteiger charge is 2.12. The quantitative estimate of drug-likeness (QED) is 0.701. The van der Waals surface area contributed by atoms with Crippen molar-refractivity contribution in [3.63, 3.8) is 0 Å². The van der Waals surface area contributed by atoms with Gasteiger partial charge in [0, 0.05) is 11.9 Å². The number of nitrogens with one attached hydrogen (secondary N) is 1. The monoisotopic (exact) mass is 367 g/mol. The zero-order valence-corrected chi connectivity index (χ0v) is 14.9. The van der Waals surface area contributed by atoms with E-state index in [2.05, 4.69) is 10.4 Å². The van der Waals surface area contributed by atoms with Crippen molar-refractivity contribution >= 4 is 17.6 Å². The normalized spacial score (nSPS) is 10.5. The summed E-state index contributed by atoms with van der Waals surface area (Å²) in [5.74, 6) is -1.80. The molecule has 0 aliphatic carbocycles. The Morgan fingerprint density at radius 2 is 1.85 bits per heavy atom. The number of hydrogen-bond donors (Lipinski definition) is 1. The number of halogens is 1. The van der Waals surface area contributed by atoms with E-state index in [1.165, 1.54) is 12.1 Å². The maximum atomic E-state index is 13.7. The number of esters is 1. The zero-order chi connectivity index (χ0) is 19.4. The number of hydrogen-bond acceptors (Lipinski definition) is 4. The van der Waals surface area contributed by atoms with Gasteiger partial charge in [0.2, 0.25) is 0 Å². The fraction of sp³-hybridized carbons (Fsp3) is 0.150. The summed E-state index contributed by atoms with van der Waals surface area (Å²) in [6.07, 6.45) is 1.69. The van der Waals surface area contributed by atoms with Crippen LogP contribution in [0.5, 0.6) is 0 Å². The number of aryl methyl sites for hydroxylation is 2. The first-order chi connectivity index (χ1) is 12.9. The maximum absolute atomic E-state index is 13.7. The molecule has 0 atom stereocenters. The maximum Gasteiger partial charge on any atom is 0.338 e. The van der Waals surface area contributed by atoms with Crippen molar-refractivity contribution in [1.29, 1.82) is 0 Å². The Kier molecular flexibility index (Phi) is 5.30. The molecule has 0 saturated carbocycles. The molecule has 2 aromatic carbocycles. The van der Waals surface area contributed by atoms with Gasteiger partial charge in [0.25, 0.3) is 5.91 Å². The van der Waals surface area contributed by atoms with Crippen LogP contribution in [0.1, 0.15) is 21.6 Å². The second kappa shape index (κ2) is 7.82. The number of nitrogens with zero attached hydrogens (tertiary/aromatic N) is 2. The topological polar surface area (TPSA) is 73.2 Å². The summed E-state index contributed by atoms with van der Waals surface area (Å²) in [5.41, 5.74) is 2.86. The lowest BCUT2D eigenvalue weighted by Gasteiger charge is -2.09. The Balaban J connectivity index is 1.57. The summed E-state index contributed by atoms with van der Waals surface area (Å²) < 4.78 is 20.4. The van der Waals surface area contributed by atoms with Gasteiger partial charge in [-0.1, -0.05) is 6.07 Å². The number of anilines is 1. The highest BCUT2D eigenvalue weighted by molar-refractivity contribution is 5.95. The van der Waals surface area contributed by atoms with E-state index in [1.807, 2.05) is 13.0 Å². The van der Waals surface area contributed by atoms with Crippen molar-refractivity contribution in [2.75, 3.05) is 11.9 Å². The first-order valence-electron chi connectivity index (χ1n) is 8.28. The summed E-state index contributed by atoms with van der Waals surface area (Å²) in [7, 11) is 0. The minimum atomic E-state index is -0.640. The molecule has 0 radical (unpaired) electrons. The van der Waals surface area contributed by atoms with Gasteiger partial charge >= 0.3 is 5.97 Å². The predicted molar refractivity (Wildman–Crippen MR) is 98.4 cm³/mol. The number of carbonyl (C=O) groups is 2. The highest BCUT2D eigenvalue weighted by Crippen LogP contribution is 2.15. The van der Waals surface area contributed by atoms with Gasteiger partial charge in [-0.3, -0.25) is 4.79 Å². The average molecular weight is 367 g/mol. The molecular weight excluding hydrogens is 349 g/mol. The van der Waals surface area contributed by atoms with Gasteiger partial charge in [-0.05, 0) is 61.9 Å². The smallest absolute Gasteiger partial charge is 0.338 e. The molecule has 1 heterocycles. The van der Waals surface area contributed by atoms with Crippen LogP contribution in [0.15, 0.2) is 54.7 Å². The standard InChI is InChI=1S/C20H18FN3O3/c1-13-3-8-18(17(21)11-13)23-19(25)12-27-20(26)15-4-6-16(7-5-15)24-14(2)9-10-22-24/h3-11H,12H2,1-2H3,(H,23,25). The van der Waals surface area contributed by atoms with Crippen LogP contribution >= 0.6 is 0 Å². The molecule has 7 heteroatoms. The van der Waals surface area contributed by atoms with E-state index < -0.39 is 24.3 Å². The van der Waals surface area contributed by atoms with E-state index in [0.29, 0.717) is 5.56 Å². The van der Waals surface area contributed by atoms with Gasteiger partial charge in [0.05, 0.1) is 16.9 Å². The largest absolute Gasteiger partial charge is 0.452 e. The molecule has 3 rings (SSSR count). The van der Waals surface area contributed by atoms with Crippen LogP contribution in [0.25, 0.3) is 5.69 Å². The number of amides is 1. The van der Waals surface area contributed by atoms with Crippen molar-refractivity contribution in [3.8, 4) is 5.69 Å². The summed E-state index contributed by atoms with van der Waals surface area (Å²) in [4.78, 5) is 23.9. The molecule has 0 aliphatic heterocycles. The molecule has 0 aliphatic rings. The highest BCUT2D eigenvalue weighted by atomic mass is 19.1. The first-order valence-corrected chi connectivity index (χ1v) is 8.28. The molecule has 0 bridgehead atoms. The molecule has 0 spiro atoms. The Bertz CT molecular complexity index is 980. The van der Waals surface area contributed by atoms with Crippen LogP contribution < -0.4 is 5.32 Å². The molecule has 1 aromatic heterocycles. The molecule has 138 valence electrons. The van der Waals surface area contributed by atoms with E-state index in [9.17, 15) is 14.0 Å². The van der Waals surface area contributed by atoms with Crippen LogP contribution in [0, 0.1) is 19.7 Å². The van der Waals surface area contributed by atoms with Crippen LogP contribution in [0.2, 0.25) is 0 Å². The zero-order valence-electron chi connectivity index (χ0n) is 14.9. The van der Waals surface area contributed by atoms with Crippen LogP contribution in [-0.4, -0.2) is 28.3 Å². The molecule has 0 fully saturated rings. The lowest BCUT2D eigenvalue weighted by Crippen LogP contribution is -2.21. The van der Waals surface area contributed by atoms with E-state index in [1.54, 1.807) is 48.1 Å². The van der Waals surface area contributed by atoms with Gasteiger partial charge in [0.15, 0.2) is 6.61 Å². The molecule has 1 amide bonds.